The third kappa shape index (κ3) is 2.30. The molecule has 0 aromatic heterocycles. The van der Waals surface area contributed by atoms with Gasteiger partial charge >= 0.3 is 0 Å². The molecule has 1 aliphatic rings. The van der Waals surface area contributed by atoms with Crippen molar-refractivity contribution in [3.63, 3.8) is 0 Å². The first kappa shape index (κ1) is 9.71. The maximum atomic E-state index is 5.75. The summed E-state index contributed by atoms with van der Waals surface area (Å²) in [6.07, 6.45) is 5.22. The fraction of sp³-hybridized carbons (Fsp3) is 0.778. The fourth-order valence-corrected chi connectivity index (χ4v) is 1.56. The lowest BCUT2D eigenvalue weighted by molar-refractivity contribution is 0.0223. The summed E-state index contributed by atoms with van der Waals surface area (Å²) in [6.45, 7) is 0.710. The molecule has 0 amide bonds. The molecule has 3 nitrogen and oxygen atoms in total. The minimum atomic E-state index is 0.142. The first-order valence-electron chi connectivity index (χ1n) is 4.23. The second-order valence-electron chi connectivity index (χ2n) is 3.18. The fourth-order valence-electron chi connectivity index (χ4n) is 1.56. The lowest BCUT2D eigenvalue weighted by atomic mass is 9.91. The second-order valence-corrected chi connectivity index (χ2v) is 3.18. The van der Waals surface area contributed by atoms with E-state index in [1.54, 1.807) is 14.2 Å². The summed E-state index contributed by atoms with van der Waals surface area (Å²) in [5.41, 5.74) is 5.75. The minimum absolute atomic E-state index is 0.142. The molecule has 0 bridgehead atoms. The van der Waals surface area contributed by atoms with Crippen molar-refractivity contribution in [3.05, 3.63) is 12.2 Å². The van der Waals surface area contributed by atoms with E-state index in [4.69, 9.17) is 15.2 Å². The van der Waals surface area contributed by atoms with Crippen LogP contribution >= 0.6 is 0 Å². The van der Waals surface area contributed by atoms with Gasteiger partial charge in [0.25, 0.3) is 0 Å². The van der Waals surface area contributed by atoms with Gasteiger partial charge in [0.1, 0.15) is 0 Å². The molecule has 3 heteroatoms. The predicted octanol–water partition coefficient (Wildman–Crippen LogP) is 0.551. The molecular formula is C9H17NO2. The third-order valence-corrected chi connectivity index (χ3v) is 2.25. The van der Waals surface area contributed by atoms with Crippen molar-refractivity contribution in [2.24, 2.45) is 11.7 Å². The van der Waals surface area contributed by atoms with Crippen molar-refractivity contribution < 1.29 is 9.47 Å². The van der Waals surface area contributed by atoms with Gasteiger partial charge in [-0.15, -0.1) is 0 Å². The van der Waals surface area contributed by atoms with E-state index in [1.807, 2.05) is 6.08 Å². The van der Waals surface area contributed by atoms with Crippen LogP contribution in [-0.2, 0) is 9.47 Å². The molecule has 1 aliphatic carbocycles. The summed E-state index contributed by atoms with van der Waals surface area (Å²) in [5.74, 6) is 0.361. The van der Waals surface area contributed by atoms with Crippen LogP contribution in [0.5, 0.6) is 0 Å². The zero-order valence-corrected chi connectivity index (χ0v) is 7.69. The van der Waals surface area contributed by atoms with Crippen molar-refractivity contribution in [1.82, 2.24) is 0 Å². The monoisotopic (exact) mass is 171 g/mol. The molecule has 1 rings (SSSR count). The molecule has 0 fully saturated rings. The summed E-state index contributed by atoms with van der Waals surface area (Å²) in [7, 11) is 3.42. The van der Waals surface area contributed by atoms with Crippen LogP contribution in [0, 0.1) is 5.92 Å². The van der Waals surface area contributed by atoms with Gasteiger partial charge in [0.05, 0.1) is 12.7 Å². The third-order valence-electron chi connectivity index (χ3n) is 2.25. The molecule has 0 saturated carbocycles. The Morgan fingerprint density at radius 3 is 2.75 bits per heavy atom. The molecule has 0 spiro atoms. The summed E-state index contributed by atoms with van der Waals surface area (Å²) in [4.78, 5) is 0. The first-order chi connectivity index (χ1) is 5.77. The van der Waals surface area contributed by atoms with Crippen molar-refractivity contribution in [1.29, 1.82) is 0 Å². The van der Waals surface area contributed by atoms with Crippen molar-refractivity contribution >= 4 is 0 Å². The molecule has 0 aromatic carbocycles. The lowest BCUT2D eigenvalue weighted by Gasteiger charge is -2.28. The van der Waals surface area contributed by atoms with E-state index < -0.39 is 0 Å². The van der Waals surface area contributed by atoms with E-state index in [2.05, 4.69) is 6.08 Å². The van der Waals surface area contributed by atoms with Gasteiger partial charge in [0.2, 0.25) is 0 Å². The average Bonchev–Trinajstić information content (AvgIpc) is 2.08. The van der Waals surface area contributed by atoms with Crippen molar-refractivity contribution in [2.45, 2.75) is 18.6 Å². The van der Waals surface area contributed by atoms with Gasteiger partial charge in [0, 0.05) is 26.2 Å². The molecule has 0 saturated heterocycles. The maximum Gasteiger partial charge on any atom is 0.0673 e. The SMILES string of the molecule is COCC1C=CC(N)CC1OC. The Kier molecular flexibility index (Phi) is 3.72. The normalized spacial score (nSPS) is 35.4. The van der Waals surface area contributed by atoms with E-state index >= 15 is 0 Å². The number of nitrogens with two attached hydrogens (primary N) is 1. The average molecular weight is 171 g/mol. The van der Waals surface area contributed by atoms with E-state index in [1.165, 1.54) is 0 Å². The summed E-state index contributed by atoms with van der Waals surface area (Å²) in [5, 5.41) is 0. The molecule has 0 aromatic rings. The van der Waals surface area contributed by atoms with Crippen LogP contribution in [-0.4, -0.2) is 33.0 Å². The molecule has 70 valence electrons. The molecule has 12 heavy (non-hydrogen) atoms. The van der Waals surface area contributed by atoms with Gasteiger partial charge in [-0.2, -0.15) is 0 Å². The summed E-state index contributed by atoms with van der Waals surface area (Å²) in [6, 6.07) is 0.142. The van der Waals surface area contributed by atoms with Crippen LogP contribution in [0.3, 0.4) is 0 Å². The quantitative estimate of drug-likeness (QED) is 0.631. The van der Waals surface area contributed by atoms with Crippen molar-refractivity contribution in [2.75, 3.05) is 20.8 Å². The van der Waals surface area contributed by atoms with Gasteiger partial charge in [-0.05, 0) is 6.42 Å². The van der Waals surface area contributed by atoms with Crippen molar-refractivity contribution in [3.8, 4) is 0 Å². The van der Waals surface area contributed by atoms with Crippen LogP contribution in [0.1, 0.15) is 6.42 Å². The molecule has 2 N–H and O–H groups in total. The van der Waals surface area contributed by atoms with E-state index in [9.17, 15) is 0 Å². The topological polar surface area (TPSA) is 44.5 Å². The minimum Gasteiger partial charge on any atom is -0.384 e. The zero-order valence-electron chi connectivity index (χ0n) is 7.69. The molecule has 0 aliphatic heterocycles. The highest BCUT2D eigenvalue weighted by molar-refractivity contribution is 5.04. The smallest absolute Gasteiger partial charge is 0.0673 e. The van der Waals surface area contributed by atoms with Gasteiger partial charge in [-0.3, -0.25) is 0 Å². The van der Waals surface area contributed by atoms with Gasteiger partial charge in [-0.1, -0.05) is 12.2 Å². The van der Waals surface area contributed by atoms with Gasteiger partial charge in [-0.25, -0.2) is 0 Å². The highest BCUT2D eigenvalue weighted by atomic mass is 16.5. The molecule has 0 heterocycles. The first-order valence-corrected chi connectivity index (χ1v) is 4.23. The molecule has 3 unspecified atom stereocenters. The molecule has 3 atom stereocenters. The lowest BCUT2D eigenvalue weighted by Crippen LogP contribution is -2.36. The number of ether oxygens (including phenoxy) is 2. The van der Waals surface area contributed by atoms with E-state index in [-0.39, 0.29) is 12.1 Å². The Morgan fingerprint density at radius 2 is 2.17 bits per heavy atom. The number of rotatable bonds is 3. The number of hydrogen-bond donors (Lipinski definition) is 1. The number of methoxy groups -OCH3 is 2. The molecule has 0 radical (unpaired) electrons. The Labute approximate surface area is 73.5 Å². The van der Waals surface area contributed by atoms with E-state index in [0.29, 0.717) is 12.5 Å². The Morgan fingerprint density at radius 1 is 1.42 bits per heavy atom. The summed E-state index contributed by atoms with van der Waals surface area (Å²) >= 11 is 0. The van der Waals surface area contributed by atoms with Crippen LogP contribution in [0.4, 0.5) is 0 Å². The maximum absolute atomic E-state index is 5.75. The zero-order chi connectivity index (χ0) is 8.97. The highest BCUT2D eigenvalue weighted by Crippen LogP contribution is 2.20. The Balaban J connectivity index is 2.52. The van der Waals surface area contributed by atoms with Gasteiger partial charge < -0.3 is 15.2 Å². The Hall–Kier alpha value is -0.380. The standard InChI is InChI=1S/C9H17NO2/c1-11-6-7-3-4-8(10)5-9(7)12-2/h3-4,7-9H,5-6,10H2,1-2H3. The predicted molar refractivity (Wildman–Crippen MR) is 47.9 cm³/mol. The largest absolute Gasteiger partial charge is 0.384 e. The van der Waals surface area contributed by atoms with E-state index in [0.717, 1.165) is 6.42 Å². The Bertz CT molecular complexity index is 159. The van der Waals surface area contributed by atoms with Crippen LogP contribution in [0.2, 0.25) is 0 Å². The summed E-state index contributed by atoms with van der Waals surface area (Å²) < 4.78 is 10.4. The van der Waals surface area contributed by atoms with Crippen LogP contribution in [0.25, 0.3) is 0 Å². The van der Waals surface area contributed by atoms with Crippen LogP contribution in [0.15, 0.2) is 12.2 Å². The highest BCUT2D eigenvalue weighted by Gasteiger charge is 2.24. The van der Waals surface area contributed by atoms with Gasteiger partial charge in [0.15, 0.2) is 0 Å². The molecular weight excluding hydrogens is 154 g/mol. The van der Waals surface area contributed by atoms with Crippen LogP contribution < -0.4 is 5.73 Å². The second kappa shape index (κ2) is 4.60. The number of hydrogen-bond acceptors (Lipinski definition) is 3.